The molecule has 0 aliphatic carbocycles. The van der Waals surface area contributed by atoms with Crippen molar-refractivity contribution in [2.75, 3.05) is 0 Å². The van der Waals surface area contributed by atoms with Crippen LogP contribution in [-0.2, 0) is 18.3 Å². The summed E-state index contributed by atoms with van der Waals surface area (Å²) in [7, 11) is 1.86. The van der Waals surface area contributed by atoms with Crippen molar-refractivity contribution >= 4 is 27.7 Å². The van der Waals surface area contributed by atoms with Gasteiger partial charge in [-0.15, -0.1) is 5.10 Å². The average molecular weight is 335 g/mol. The van der Waals surface area contributed by atoms with Gasteiger partial charge in [0.2, 0.25) is 5.78 Å². The normalized spacial score (nSPS) is 11.1. The Balaban J connectivity index is 2.15. The van der Waals surface area contributed by atoms with Crippen LogP contribution in [0.4, 0.5) is 0 Å². The number of benzene rings is 1. The summed E-state index contributed by atoms with van der Waals surface area (Å²) in [6, 6.07) is 9.76. The number of aryl methyl sites for hydroxylation is 1. The van der Waals surface area contributed by atoms with Gasteiger partial charge < -0.3 is 5.11 Å². The SMILES string of the molecule is Cn1c(-c2ccccc2)nn2c(Br)c(CC(=O)O)nc12. The zero-order valence-electron chi connectivity index (χ0n) is 10.6. The van der Waals surface area contributed by atoms with Gasteiger partial charge in [-0.05, 0) is 15.9 Å². The Labute approximate surface area is 122 Å². The molecule has 0 unspecified atom stereocenters. The Morgan fingerprint density at radius 3 is 2.65 bits per heavy atom. The molecule has 0 radical (unpaired) electrons. The highest BCUT2D eigenvalue weighted by molar-refractivity contribution is 9.10. The maximum Gasteiger partial charge on any atom is 0.309 e. The van der Waals surface area contributed by atoms with Crippen LogP contribution in [-0.4, -0.2) is 30.2 Å². The fourth-order valence-electron chi connectivity index (χ4n) is 2.08. The maximum absolute atomic E-state index is 10.8. The summed E-state index contributed by atoms with van der Waals surface area (Å²) in [5.74, 6) is 0.458. The number of imidazole rings is 1. The average Bonchev–Trinajstić information content (AvgIpc) is 2.90. The second-order valence-electron chi connectivity index (χ2n) is 4.38. The van der Waals surface area contributed by atoms with Crippen LogP contribution in [0, 0.1) is 0 Å². The molecule has 1 aromatic carbocycles. The smallest absolute Gasteiger partial charge is 0.309 e. The summed E-state index contributed by atoms with van der Waals surface area (Å²) in [6.07, 6.45) is -0.134. The fraction of sp³-hybridized carbons (Fsp3) is 0.154. The van der Waals surface area contributed by atoms with Crippen LogP contribution >= 0.6 is 15.9 Å². The highest BCUT2D eigenvalue weighted by Gasteiger charge is 2.19. The van der Waals surface area contributed by atoms with Gasteiger partial charge in [0.25, 0.3) is 0 Å². The van der Waals surface area contributed by atoms with E-state index in [1.165, 1.54) is 0 Å². The van der Waals surface area contributed by atoms with Crippen LogP contribution in [0.3, 0.4) is 0 Å². The van der Waals surface area contributed by atoms with Crippen LogP contribution < -0.4 is 0 Å². The molecular formula is C13H11BrN4O2. The van der Waals surface area contributed by atoms with Gasteiger partial charge in [-0.3, -0.25) is 9.36 Å². The van der Waals surface area contributed by atoms with E-state index in [0.717, 1.165) is 11.4 Å². The number of hydrogen-bond donors (Lipinski definition) is 1. The van der Waals surface area contributed by atoms with E-state index < -0.39 is 5.97 Å². The van der Waals surface area contributed by atoms with Gasteiger partial charge in [0.15, 0.2) is 5.82 Å². The molecule has 1 N–H and O–H groups in total. The quantitative estimate of drug-likeness (QED) is 0.796. The molecule has 0 amide bonds. The van der Waals surface area contributed by atoms with E-state index in [1.54, 1.807) is 4.52 Å². The van der Waals surface area contributed by atoms with Crippen molar-refractivity contribution in [2.45, 2.75) is 6.42 Å². The Morgan fingerprint density at radius 1 is 1.35 bits per heavy atom. The van der Waals surface area contributed by atoms with E-state index in [4.69, 9.17) is 5.11 Å². The minimum atomic E-state index is -0.919. The van der Waals surface area contributed by atoms with Gasteiger partial charge in [0.05, 0.1) is 12.1 Å². The number of aliphatic carboxylic acids is 1. The lowest BCUT2D eigenvalue weighted by Crippen LogP contribution is -2.02. The van der Waals surface area contributed by atoms with Crippen molar-refractivity contribution in [1.29, 1.82) is 0 Å². The Hall–Kier alpha value is -2.15. The van der Waals surface area contributed by atoms with Gasteiger partial charge in [0, 0.05) is 12.6 Å². The van der Waals surface area contributed by atoms with E-state index in [2.05, 4.69) is 26.0 Å². The predicted octanol–water partition coefficient (Wildman–Crippen LogP) is 2.12. The largest absolute Gasteiger partial charge is 0.481 e. The van der Waals surface area contributed by atoms with E-state index in [0.29, 0.717) is 16.1 Å². The van der Waals surface area contributed by atoms with Crippen molar-refractivity contribution < 1.29 is 9.90 Å². The third-order valence-electron chi connectivity index (χ3n) is 3.01. The van der Waals surface area contributed by atoms with Crippen molar-refractivity contribution in [3.05, 3.63) is 40.6 Å². The molecule has 0 saturated carbocycles. The Morgan fingerprint density at radius 2 is 2.05 bits per heavy atom. The first-order valence-electron chi connectivity index (χ1n) is 5.95. The standard InChI is InChI=1S/C13H11BrN4O2/c1-17-12(8-5-3-2-4-6-8)16-18-11(14)9(7-10(19)20)15-13(17)18/h2-6H,7H2,1H3,(H,19,20). The minimum absolute atomic E-state index is 0.134. The van der Waals surface area contributed by atoms with Crippen molar-refractivity contribution in [3.63, 3.8) is 0 Å². The van der Waals surface area contributed by atoms with Gasteiger partial charge >= 0.3 is 5.97 Å². The van der Waals surface area contributed by atoms with E-state index in [-0.39, 0.29) is 6.42 Å². The first-order valence-corrected chi connectivity index (χ1v) is 6.74. The van der Waals surface area contributed by atoms with Gasteiger partial charge in [0.1, 0.15) is 4.60 Å². The first kappa shape index (κ1) is 12.9. The number of nitrogens with zero attached hydrogens (tertiary/aromatic N) is 4. The van der Waals surface area contributed by atoms with Gasteiger partial charge in [-0.25, -0.2) is 4.98 Å². The summed E-state index contributed by atoms with van der Waals surface area (Å²) < 4.78 is 4.03. The van der Waals surface area contributed by atoms with Gasteiger partial charge in [-0.1, -0.05) is 30.3 Å². The van der Waals surface area contributed by atoms with Crippen molar-refractivity contribution in [2.24, 2.45) is 7.05 Å². The van der Waals surface area contributed by atoms with Crippen LogP contribution in [0.1, 0.15) is 5.69 Å². The highest BCUT2D eigenvalue weighted by Crippen LogP contribution is 2.24. The monoisotopic (exact) mass is 334 g/mol. The number of aromatic nitrogens is 4. The molecule has 0 aliphatic rings. The molecule has 0 fully saturated rings. The molecule has 2 aromatic heterocycles. The lowest BCUT2D eigenvalue weighted by molar-refractivity contribution is -0.136. The van der Waals surface area contributed by atoms with E-state index in [9.17, 15) is 4.79 Å². The number of rotatable bonds is 3. The third-order valence-corrected chi connectivity index (χ3v) is 3.81. The molecule has 0 aliphatic heterocycles. The number of carboxylic acid groups (broad SMARTS) is 1. The molecule has 3 rings (SSSR count). The molecule has 0 spiro atoms. The summed E-state index contributed by atoms with van der Waals surface area (Å²) in [5.41, 5.74) is 1.45. The van der Waals surface area contributed by atoms with Crippen LogP contribution in [0.15, 0.2) is 34.9 Å². The summed E-state index contributed by atoms with van der Waals surface area (Å²) in [6.45, 7) is 0. The predicted molar refractivity (Wildman–Crippen MR) is 76.4 cm³/mol. The van der Waals surface area contributed by atoms with Crippen molar-refractivity contribution in [1.82, 2.24) is 19.2 Å². The molecular weight excluding hydrogens is 324 g/mol. The van der Waals surface area contributed by atoms with E-state index >= 15 is 0 Å². The molecule has 2 heterocycles. The van der Waals surface area contributed by atoms with Gasteiger partial charge in [-0.2, -0.15) is 4.52 Å². The molecule has 7 heteroatoms. The Bertz CT molecular complexity index is 792. The number of carboxylic acids is 1. The lowest BCUT2D eigenvalue weighted by Gasteiger charge is -1.99. The topological polar surface area (TPSA) is 72.4 Å². The third kappa shape index (κ3) is 2.00. The zero-order valence-corrected chi connectivity index (χ0v) is 12.2. The minimum Gasteiger partial charge on any atom is -0.481 e. The molecule has 102 valence electrons. The maximum atomic E-state index is 10.8. The molecule has 0 bridgehead atoms. The number of carbonyl (C=O) groups is 1. The zero-order chi connectivity index (χ0) is 14.3. The summed E-state index contributed by atoms with van der Waals surface area (Å²) in [5, 5.41) is 13.3. The molecule has 20 heavy (non-hydrogen) atoms. The number of hydrogen-bond acceptors (Lipinski definition) is 3. The first-order chi connectivity index (χ1) is 9.58. The molecule has 0 saturated heterocycles. The van der Waals surface area contributed by atoms with Crippen LogP contribution in [0.5, 0.6) is 0 Å². The highest BCUT2D eigenvalue weighted by atomic mass is 79.9. The molecule has 0 atom stereocenters. The number of fused-ring (bicyclic) bond motifs is 1. The van der Waals surface area contributed by atoms with E-state index in [1.807, 2.05) is 41.9 Å². The lowest BCUT2D eigenvalue weighted by atomic mass is 10.2. The molecule has 6 nitrogen and oxygen atoms in total. The second-order valence-corrected chi connectivity index (χ2v) is 5.13. The molecule has 3 aromatic rings. The van der Waals surface area contributed by atoms with Crippen molar-refractivity contribution in [3.8, 4) is 11.4 Å². The number of halogens is 1. The second kappa shape index (κ2) is 4.75. The summed E-state index contributed by atoms with van der Waals surface area (Å²) in [4.78, 5) is 15.1. The fourth-order valence-corrected chi connectivity index (χ4v) is 2.55. The summed E-state index contributed by atoms with van der Waals surface area (Å²) >= 11 is 3.36. The Kier molecular flexibility index (Phi) is 3.06. The van der Waals surface area contributed by atoms with Crippen LogP contribution in [0.25, 0.3) is 17.2 Å². The van der Waals surface area contributed by atoms with Crippen LogP contribution in [0.2, 0.25) is 0 Å².